The zero-order valence-corrected chi connectivity index (χ0v) is 9.40. The van der Waals surface area contributed by atoms with E-state index in [-0.39, 0.29) is 29.9 Å². The van der Waals surface area contributed by atoms with Gasteiger partial charge in [-0.2, -0.15) is 0 Å². The third-order valence-electron chi connectivity index (χ3n) is 3.60. The summed E-state index contributed by atoms with van der Waals surface area (Å²) in [7, 11) is 0. The highest BCUT2D eigenvalue weighted by Crippen LogP contribution is 2.39. The molecule has 0 amide bonds. The van der Waals surface area contributed by atoms with E-state index in [1.54, 1.807) is 6.92 Å². The second-order valence-electron chi connectivity index (χ2n) is 4.52. The fourth-order valence-corrected chi connectivity index (χ4v) is 2.80. The molecule has 4 nitrogen and oxygen atoms in total. The molecule has 2 aliphatic rings. The van der Waals surface area contributed by atoms with Crippen molar-refractivity contribution in [1.82, 2.24) is 0 Å². The standard InChI is InChI=1S/C12H16O4/c1-2-16-12(15)9-6-10(13)8-5-3-4-7(9)11(8)14/h7-9H,2-6H2,1H3. The van der Waals surface area contributed by atoms with Crippen molar-refractivity contribution in [2.45, 2.75) is 32.6 Å². The van der Waals surface area contributed by atoms with Crippen LogP contribution in [0.2, 0.25) is 0 Å². The molecule has 4 heteroatoms. The summed E-state index contributed by atoms with van der Waals surface area (Å²) in [4.78, 5) is 35.3. The fourth-order valence-electron chi connectivity index (χ4n) is 2.80. The molecule has 0 aromatic rings. The van der Waals surface area contributed by atoms with Crippen LogP contribution in [0.1, 0.15) is 32.6 Å². The minimum Gasteiger partial charge on any atom is -0.466 e. The number of fused-ring (bicyclic) bond motifs is 2. The zero-order chi connectivity index (χ0) is 11.7. The third kappa shape index (κ3) is 1.77. The average molecular weight is 224 g/mol. The highest BCUT2D eigenvalue weighted by molar-refractivity contribution is 6.08. The number of carbonyl (C=O) groups is 3. The van der Waals surface area contributed by atoms with Gasteiger partial charge in [0.1, 0.15) is 11.6 Å². The van der Waals surface area contributed by atoms with Crippen LogP contribution >= 0.6 is 0 Å². The Bertz CT molecular complexity index is 334. The van der Waals surface area contributed by atoms with Crippen LogP contribution in [0.25, 0.3) is 0 Å². The molecule has 0 saturated heterocycles. The van der Waals surface area contributed by atoms with Gasteiger partial charge in [0, 0.05) is 12.3 Å². The second-order valence-corrected chi connectivity index (χ2v) is 4.52. The van der Waals surface area contributed by atoms with Gasteiger partial charge in [0.2, 0.25) is 0 Å². The summed E-state index contributed by atoms with van der Waals surface area (Å²) in [5.41, 5.74) is 0. The largest absolute Gasteiger partial charge is 0.466 e. The molecule has 0 radical (unpaired) electrons. The van der Waals surface area contributed by atoms with Crippen molar-refractivity contribution in [3.8, 4) is 0 Å². The van der Waals surface area contributed by atoms with E-state index in [0.29, 0.717) is 13.0 Å². The second kappa shape index (κ2) is 4.36. The van der Waals surface area contributed by atoms with Crippen molar-refractivity contribution in [1.29, 1.82) is 0 Å². The molecule has 2 saturated carbocycles. The Kier molecular flexibility index (Phi) is 3.08. The molecule has 3 atom stereocenters. The van der Waals surface area contributed by atoms with Crippen molar-refractivity contribution in [2.24, 2.45) is 17.8 Å². The van der Waals surface area contributed by atoms with Crippen molar-refractivity contribution in [3.63, 3.8) is 0 Å². The summed E-state index contributed by atoms with van der Waals surface area (Å²) < 4.78 is 4.93. The molecule has 88 valence electrons. The molecule has 0 spiro atoms. The molecule has 0 heterocycles. The maximum Gasteiger partial charge on any atom is 0.310 e. The molecule has 2 fully saturated rings. The van der Waals surface area contributed by atoms with E-state index >= 15 is 0 Å². The number of rotatable bonds is 2. The monoisotopic (exact) mass is 224 g/mol. The average Bonchev–Trinajstić information content (AvgIpc) is 2.24. The predicted molar refractivity (Wildman–Crippen MR) is 55.6 cm³/mol. The van der Waals surface area contributed by atoms with Gasteiger partial charge in [0.25, 0.3) is 0 Å². The van der Waals surface area contributed by atoms with Gasteiger partial charge >= 0.3 is 5.97 Å². The molecule has 0 aromatic heterocycles. The highest BCUT2D eigenvalue weighted by atomic mass is 16.5. The normalized spacial score (nSPS) is 33.7. The summed E-state index contributed by atoms with van der Waals surface area (Å²) in [6.07, 6.45) is 2.46. The van der Waals surface area contributed by atoms with E-state index in [4.69, 9.17) is 4.74 Å². The Morgan fingerprint density at radius 1 is 1.38 bits per heavy atom. The summed E-state index contributed by atoms with van der Waals surface area (Å²) in [6.45, 7) is 2.03. The van der Waals surface area contributed by atoms with Gasteiger partial charge in [-0.25, -0.2) is 0 Å². The molecular weight excluding hydrogens is 208 g/mol. The molecule has 0 aromatic carbocycles. The van der Waals surface area contributed by atoms with Crippen LogP contribution in [-0.4, -0.2) is 24.1 Å². The lowest BCUT2D eigenvalue weighted by atomic mass is 9.65. The Balaban J connectivity index is 2.17. The van der Waals surface area contributed by atoms with Crippen LogP contribution in [0.5, 0.6) is 0 Å². The molecule has 16 heavy (non-hydrogen) atoms. The number of hydrogen-bond donors (Lipinski definition) is 0. The van der Waals surface area contributed by atoms with E-state index in [9.17, 15) is 14.4 Å². The Morgan fingerprint density at radius 3 is 2.81 bits per heavy atom. The number of ketones is 2. The third-order valence-corrected chi connectivity index (χ3v) is 3.60. The molecule has 2 aliphatic carbocycles. The lowest BCUT2D eigenvalue weighted by Gasteiger charge is -2.36. The topological polar surface area (TPSA) is 60.4 Å². The summed E-state index contributed by atoms with van der Waals surface area (Å²) in [6, 6.07) is 0. The van der Waals surface area contributed by atoms with Gasteiger partial charge in [-0.3, -0.25) is 14.4 Å². The number of esters is 1. The predicted octanol–water partition coefficient (Wildman–Crippen LogP) is 1.12. The van der Waals surface area contributed by atoms with Crippen LogP contribution in [0.15, 0.2) is 0 Å². The Morgan fingerprint density at radius 2 is 2.12 bits per heavy atom. The molecule has 2 bridgehead atoms. The summed E-state index contributed by atoms with van der Waals surface area (Å²) in [5, 5.41) is 0. The van der Waals surface area contributed by atoms with E-state index in [2.05, 4.69) is 0 Å². The van der Waals surface area contributed by atoms with Gasteiger partial charge in [-0.1, -0.05) is 6.42 Å². The van der Waals surface area contributed by atoms with Crippen LogP contribution < -0.4 is 0 Å². The van der Waals surface area contributed by atoms with Gasteiger partial charge in [0.05, 0.1) is 18.4 Å². The van der Waals surface area contributed by atoms with Crippen molar-refractivity contribution >= 4 is 17.5 Å². The molecule has 2 rings (SSSR count). The van der Waals surface area contributed by atoms with Crippen molar-refractivity contribution in [3.05, 3.63) is 0 Å². The zero-order valence-electron chi connectivity index (χ0n) is 9.40. The van der Waals surface area contributed by atoms with E-state index in [1.807, 2.05) is 0 Å². The number of Topliss-reactive ketones (excluding diaryl/α,β-unsaturated/α-hetero) is 2. The van der Waals surface area contributed by atoms with Gasteiger partial charge in [-0.15, -0.1) is 0 Å². The first kappa shape index (κ1) is 11.3. The molecule has 0 aliphatic heterocycles. The van der Waals surface area contributed by atoms with Gasteiger partial charge in [0.15, 0.2) is 0 Å². The van der Waals surface area contributed by atoms with Crippen LogP contribution in [0.4, 0.5) is 0 Å². The highest BCUT2D eigenvalue weighted by Gasteiger charge is 2.48. The quantitative estimate of drug-likeness (QED) is 0.521. The smallest absolute Gasteiger partial charge is 0.310 e. The van der Waals surface area contributed by atoms with Crippen LogP contribution in [0.3, 0.4) is 0 Å². The van der Waals surface area contributed by atoms with E-state index in [1.165, 1.54) is 0 Å². The first-order valence-electron chi connectivity index (χ1n) is 5.88. The minimum atomic E-state index is -0.517. The lowest BCUT2D eigenvalue weighted by Crippen LogP contribution is -2.47. The molecule has 0 N–H and O–H groups in total. The lowest BCUT2D eigenvalue weighted by molar-refractivity contribution is -0.160. The molecule has 3 unspecified atom stereocenters. The van der Waals surface area contributed by atoms with Crippen molar-refractivity contribution < 1.29 is 19.1 Å². The maximum atomic E-state index is 11.9. The minimum absolute atomic E-state index is 0.0273. The first-order valence-corrected chi connectivity index (χ1v) is 5.88. The summed E-state index contributed by atoms with van der Waals surface area (Å²) >= 11 is 0. The summed E-state index contributed by atoms with van der Waals surface area (Å²) in [5.74, 6) is -1.69. The Labute approximate surface area is 94.3 Å². The Hall–Kier alpha value is -1.19. The van der Waals surface area contributed by atoms with Crippen molar-refractivity contribution in [2.75, 3.05) is 6.61 Å². The maximum absolute atomic E-state index is 11.9. The fraction of sp³-hybridized carbons (Fsp3) is 0.750. The van der Waals surface area contributed by atoms with Gasteiger partial charge < -0.3 is 4.74 Å². The van der Waals surface area contributed by atoms with E-state index < -0.39 is 11.8 Å². The SMILES string of the molecule is CCOC(=O)C1CC(=O)C2CCCC1C2=O. The van der Waals surface area contributed by atoms with Crippen LogP contribution in [0, 0.1) is 17.8 Å². The van der Waals surface area contributed by atoms with E-state index in [0.717, 1.165) is 12.8 Å². The van der Waals surface area contributed by atoms with Crippen LogP contribution in [-0.2, 0) is 19.1 Å². The van der Waals surface area contributed by atoms with Gasteiger partial charge in [-0.05, 0) is 19.8 Å². The number of carbonyl (C=O) groups excluding carboxylic acids is 3. The first-order chi connectivity index (χ1) is 7.65. The molecular formula is C12H16O4. The number of hydrogen-bond acceptors (Lipinski definition) is 4. The number of ether oxygens (including phenoxy) is 1.